The van der Waals surface area contributed by atoms with Gasteiger partial charge in [0.2, 0.25) is 0 Å². The van der Waals surface area contributed by atoms with E-state index in [9.17, 15) is 9.90 Å². The van der Waals surface area contributed by atoms with Crippen molar-refractivity contribution in [3.8, 4) is 0 Å². The van der Waals surface area contributed by atoms with Crippen LogP contribution < -0.4 is 0 Å². The molecule has 1 fully saturated rings. The van der Waals surface area contributed by atoms with Crippen molar-refractivity contribution in [1.82, 2.24) is 4.90 Å². The second-order valence-electron chi connectivity index (χ2n) is 5.89. The number of carbonyl (C=O) groups excluding carboxylic acids is 1. The van der Waals surface area contributed by atoms with Crippen molar-refractivity contribution >= 4 is 29.7 Å². The molecule has 0 radical (unpaired) electrons. The number of ether oxygens (including phenoxy) is 1. The van der Waals surface area contributed by atoms with Gasteiger partial charge in [0.25, 0.3) is 0 Å². The van der Waals surface area contributed by atoms with Gasteiger partial charge in [-0.1, -0.05) is 32.8 Å². The van der Waals surface area contributed by atoms with Crippen molar-refractivity contribution < 1.29 is 14.6 Å². The van der Waals surface area contributed by atoms with Crippen LogP contribution in [0.25, 0.3) is 0 Å². The minimum absolute atomic E-state index is 0. The van der Waals surface area contributed by atoms with Gasteiger partial charge in [-0.2, -0.15) is 0 Å². The van der Waals surface area contributed by atoms with E-state index in [0.717, 1.165) is 38.8 Å². The Bertz CT molecular complexity index is 458. The normalized spacial score (nSPS) is 17.7. The number of likely N-dealkylation sites (N-methyl/N-ethyl adjacent to an activating group) is 1. The van der Waals surface area contributed by atoms with Gasteiger partial charge in [-0.05, 0) is 37.4 Å². The molecular weight excluding hydrogens is 334 g/mol. The SMILES string of the molecule is CCN(CC)CCOC(=O)C(O)(c1cccs1)C1CCCC1.Cl. The molecular formula is C17H28ClNO3S. The number of thiophene rings is 1. The lowest BCUT2D eigenvalue weighted by molar-refractivity contribution is -0.173. The van der Waals surface area contributed by atoms with E-state index in [1.165, 1.54) is 11.3 Å². The monoisotopic (exact) mass is 361 g/mol. The summed E-state index contributed by atoms with van der Waals surface area (Å²) in [6, 6.07) is 3.72. The number of rotatable bonds is 8. The second kappa shape index (κ2) is 9.62. The van der Waals surface area contributed by atoms with Crippen LogP contribution in [0.4, 0.5) is 0 Å². The van der Waals surface area contributed by atoms with Crippen molar-refractivity contribution in [1.29, 1.82) is 0 Å². The van der Waals surface area contributed by atoms with Gasteiger partial charge in [0, 0.05) is 17.3 Å². The molecule has 1 saturated carbocycles. The van der Waals surface area contributed by atoms with Crippen LogP contribution in [0.15, 0.2) is 17.5 Å². The maximum atomic E-state index is 12.6. The van der Waals surface area contributed by atoms with Crippen molar-refractivity contribution in [2.45, 2.75) is 45.1 Å². The summed E-state index contributed by atoms with van der Waals surface area (Å²) in [6.07, 6.45) is 3.93. The smallest absolute Gasteiger partial charge is 0.344 e. The molecule has 1 heterocycles. The molecule has 0 amide bonds. The van der Waals surface area contributed by atoms with Crippen molar-refractivity contribution in [2.75, 3.05) is 26.2 Å². The largest absolute Gasteiger partial charge is 0.462 e. The maximum absolute atomic E-state index is 12.6. The zero-order valence-electron chi connectivity index (χ0n) is 14.0. The Hall–Kier alpha value is -0.620. The van der Waals surface area contributed by atoms with Crippen LogP contribution in [-0.4, -0.2) is 42.2 Å². The molecule has 0 bridgehead atoms. The Morgan fingerprint density at radius 2 is 2.04 bits per heavy atom. The van der Waals surface area contributed by atoms with Crippen LogP contribution in [-0.2, 0) is 15.1 Å². The van der Waals surface area contributed by atoms with Crippen molar-refractivity contribution in [3.63, 3.8) is 0 Å². The molecule has 0 aliphatic heterocycles. The number of esters is 1. The minimum Gasteiger partial charge on any atom is -0.462 e. The number of nitrogens with zero attached hydrogens (tertiary/aromatic N) is 1. The standard InChI is InChI=1S/C17H27NO3S.ClH/c1-3-18(4-2)11-12-21-16(19)17(20,14-8-5-6-9-14)15-10-7-13-22-15;/h7,10,13-14,20H,3-6,8-9,11-12H2,1-2H3;1H. The van der Waals surface area contributed by atoms with Crippen LogP contribution in [0.1, 0.15) is 44.4 Å². The van der Waals surface area contributed by atoms with Gasteiger partial charge in [0.05, 0.1) is 0 Å². The highest BCUT2D eigenvalue weighted by molar-refractivity contribution is 7.10. The molecule has 6 heteroatoms. The minimum atomic E-state index is -1.46. The van der Waals surface area contributed by atoms with E-state index in [0.29, 0.717) is 18.0 Å². The lowest BCUT2D eigenvalue weighted by Crippen LogP contribution is -2.43. The van der Waals surface area contributed by atoms with E-state index >= 15 is 0 Å². The molecule has 1 N–H and O–H groups in total. The number of carbonyl (C=O) groups is 1. The maximum Gasteiger partial charge on any atom is 0.344 e. The summed E-state index contributed by atoms with van der Waals surface area (Å²) in [5.41, 5.74) is -1.46. The average Bonchev–Trinajstić information content (AvgIpc) is 3.24. The van der Waals surface area contributed by atoms with Gasteiger partial charge in [0.15, 0.2) is 5.60 Å². The zero-order valence-corrected chi connectivity index (χ0v) is 15.6. The fourth-order valence-electron chi connectivity index (χ4n) is 3.22. The molecule has 2 rings (SSSR count). The summed E-state index contributed by atoms with van der Waals surface area (Å²) >= 11 is 1.43. The first-order valence-corrected chi connectivity index (χ1v) is 9.16. The zero-order chi connectivity index (χ0) is 16.0. The molecule has 0 aromatic carbocycles. The Kier molecular flexibility index (Phi) is 8.54. The molecule has 23 heavy (non-hydrogen) atoms. The topological polar surface area (TPSA) is 49.8 Å². The molecule has 4 nitrogen and oxygen atoms in total. The highest BCUT2D eigenvalue weighted by Gasteiger charge is 2.48. The van der Waals surface area contributed by atoms with Crippen LogP contribution in [0.3, 0.4) is 0 Å². The fraction of sp³-hybridized carbons (Fsp3) is 0.706. The highest BCUT2D eigenvalue weighted by atomic mass is 35.5. The summed E-state index contributed by atoms with van der Waals surface area (Å²) in [5.74, 6) is -0.499. The van der Waals surface area contributed by atoms with Crippen LogP contribution in [0, 0.1) is 5.92 Å². The van der Waals surface area contributed by atoms with Crippen LogP contribution in [0.5, 0.6) is 0 Å². The number of halogens is 1. The lowest BCUT2D eigenvalue weighted by atomic mass is 9.84. The predicted molar refractivity (Wildman–Crippen MR) is 96.2 cm³/mol. The quantitative estimate of drug-likeness (QED) is 0.721. The lowest BCUT2D eigenvalue weighted by Gasteiger charge is -2.31. The number of hydrogen-bond donors (Lipinski definition) is 1. The van der Waals surface area contributed by atoms with E-state index in [2.05, 4.69) is 18.7 Å². The van der Waals surface area contributed by atoms with Crippen molar-refractivity contribution in [3.05, 3.63) is 22.4 Å². The molecule has 1 atom stereocenters. The highest BCUT2D eigenvalue weighted by Crippen LogP contribution is 2.43. The van der Waals surface area contributed by atoms with Gasteiger partial charge >= 0.3 is 5.97 Å². The fourth-order valence-corrected chi connectivity index (χ4v) is 4.12. The van der Waals surface area contributed by atoms with E-state index in [1.807, 2.05) is 17.5 Å². The summed E-state index contributed by atoms with van der Waals surface area (Å²) in [6.45, 7) is 7.10. The third kappa shape index (κ3) is 4.69. The summed E-state index contributed by atoms with van der Waals surface area (Å²) < 4.78 is 5.45. The first kappa shape index (κ1) is 20.4. The number of aliphatic hydroxyl groups is 1. The second-order valence-corrected chi connectivity index (χ2v) is 6.84. The van der Waals surface area contributed by atoms with Crippen molar-refractivity contribution in [2.24, 2.45) is 5.92 Å². The Balaban J connectivity index is 0.00000264. The molecule has 0 saturated heterocycles. The summed E-state index contributed by atoms with van der Waals surface area (Å²) in [5, 5.41) is 13.0. The molecule has 0 spiro atoms. The molecule has 1 aromatic heterocycles. The van der Waals surface area contributed by atoms with E-state index in [1.54, 1.807) is 0 Å². The molecule has 1 aliphatic rings. The first-order valence-electron chi connectivity index (χ1n) is 8.28. The van der Waals surface area contributed by atoms with E-state index in [-0.39, 0.29) is 18.3 Å². The van der Waals surface area contributed by atoms with Gasteiger partial charge in [0.1, 0.15) is 6.61 Å². The van der Waals surface area contributed by atoms with Crippen LogP contribution >= 0.6 is 23.7 Å². The Morgan fingerprint density at radius 1 is 1.39 bits per heavy atom. The van der Waals surface area contributed by atoms with Gasteiger partial charge in [-0.3, -0.25) is 0 Å². The number of hydrogen-bond acceptors (Lipinski definition) is 5. The predicted octanol–water partition coefficient (Wildman–Crippen LogP) is 3.43. The Labute approximate surface area is 149 Å². The Morgan fingerprint density at radius 3 is 2.57 bits per heavy atom. The van der Waals surface area contributed by atoms with Gasteiger partial charge in [-0.25, -0.2) is 4.79 Å². The van der Waals surface area contributed by atoms with Gasteiger partial charge < -0.3 is 14.7 Å². The van der Waals surface area contributed by atoms with Crippen LogP contribution in [0.2, 0.25) is 0 Å². The summed E-state index contributed by atoms with van der Waals surface area (Å²) in [7, 11) is 0. The molecule has 132 valence electrons. The average molecular weight is 362 g/mol. The van der Waals surface area contributed by atoms with Gasteiger partial charge in [-0.15, -0.1) is 23.7 Å². The molecule has 1 aromatic rings. The van der Waals surface area contributed by atoms with E-state index < -0.39 is 11.6 Å². The third-order valence-electron chi connectivity index (χ3n) is 4.69. The first-order chi connectivity index (χ1) is 10.6. The van der Waals surface area contributed by atoms with E-state index in [4.69, 9.17) is 4.74 Å². The third-order valence-corrected chi connectivity index (χ3v) is 5.68. The molecule has 1 aliphatic carbocycles. The summed E-state index contributed by atoms with van der Waals surface area (Å²) in [4.78, 5) is 15.5. The molecule has 1 unspecified atom stereocenters.